The summed E-state index contributed by atoms with van der Waals surface area (Å²) in [4.78, 5) is 0. The van der Waals surface area contributed by atoms with Gasteiger partial charge in [-0.2, -0.15) is 0 Å². The van der Waals surface area contributed by atoms with Crippen LogP contribution in [0.3, 0.4) is 0 Å². The van der Waals surface area contributed by atoms with E-state index in [1.54, 1.807) is 6.20 Å². The molecule has 2 N–H and O–H groups in total. The number of aryl methyl sites for hydroxylation is 1. The van der Waals surface area contributed by atoms with Gasteiger partial charge in [0, 0.05) is 11.6 Å². The summed E-state index contributed by atoms with van der Waals surface area (Å²) in [5, 5.41) is 0. The van der Waals surface area contributed by atoms with Gasteiger partial charge >= 0.3 is 0 Å². The van der Waals surface area contributed by atoms with Crippen LogP contribution in [-0.2, 0) is 0 Å². The van der Waals surface area contributed by atoms with Crippen molar-refractivity contribution in [1.82, 2.24) is 0 Å². The molecule has 0 radical (unpaired) electrons. The number of pyridine rings is 1. The van der Waals surface area contributed by atoms with Gasteiger partial charge in [0.1, 0.15) is 0 Å². The molecule has 2 heteroatoms. The Labute approximate surface area is 48.5 Å². The minimum absolute atomic E-state index is 1.18. The van der Waals surface area contributed by atoms with Gasteiger partial charge in [0.2, 0.25) is 6.20 Å². The van der Waals surface area contributed by atoms with Crippen molar-refractivity contribution >= 4 is 0 Å². The maximum atomic E-state index is 5.38. The van der Waals surface area contributed by atoms with Crippen LogP contribution in [0.25, 0.3) is 0 Å². The van der Waals surface area contributed by atoms with E-state index >= 15 is 0 Å². The molecular formula is C6H9N2+. The van der Waals surface area contributed by atoms with Gasteiger partial charge in [-0.05, 0) is 13.0 Å². The number of rotatable bonds is 0. The zero-order chi connectivity index (χ0) is 5.98. The second-order valence-corrected chi connectivity index (χ2v) is 1.83. The number of hydrogen-bond acceptors (Lipinski definition) is 1. The smallest absolute Gasteiger partial charge is 0.202 e. The van der Waals surface area contributed by atoms with E-state index in [-0.39, 0.29) is 0 Å². The number of nitrogens with zero attached hydrogens (tertiary/aromatic N) is 1. The summed E-state index contributed by atoms with van der Waals surface area (Å²) >= 11 is 0. The lowest BCUT2D eigenvalue weighted by Gasteiger charge is -1.84. The van der Waals surface area contributed by atoms with Crippen molar-refractivity contribution < 1.29 is 4.68 Å². The van der Waals surface area contributed by atoms with E-state index in [1.807, 2.05) is 25.3 Å². The average Bonchev–Trinajstić information content (AvgIpc) is 1.64. The Morgan fingerprint density at radius 2 is 2.38 bits per heavy atom. The van der Waals surface area contributed by atoms with Crippen molar-refractivity contribution in [3.63, 3.8) is 0 Å². The topological polar surface area (TPSA) is 29.9 Å². The molecule has 0 spiro atoms. The standard InChI is InChI=1S/C6H9N2/c1-6-3-2-4-8(7)5-6/h2-5H,7H2,1H3/q+1. The molecule has 0 aliphatic carbocycles. The van der Waals surface area contributed by atoms with Crippen LogP contribution >= 0.6 is 0 Å². The number of nitrogens with two attached hydrogens (primary N) is 1. The molecule has 1 heterocycles. The fourth-order valence-electron chi connectivity index (χ4n) is 0.615. The molecule has 0 aliphatic rings. The van der Waals surface area contributed by atoms with E-state index in [1.165, 1.54) is 10.2 Å². The molecule has 42 valence electrons. The second-order valence-electron chi connectivity index (χ2n) is 1.83. The van der Waals surface area contributed by atoms with Crippen molar-refractivity contribution in [2.45, 2.75) is 6.92 Å². The molecule has 0 saturated heterocycles. The lowest BCUT2D eigenvalue weighted by atomic mass is 10.3. The Morgan fingerprint density at radius 1 is 1.62 bits per heavy atom. The van der Waals surface area contributed by atoms with Gasteiger partial charge in [-0.15, -0.1) is 0 Å². The highest BCUT2D eigenvalue weighted by atomic mass is 15.3. The van der Waals surface area contributed by atoms with Gasteiger partial charge in [-0.25, -0.2) is 5.84 Å². The number of aromatic nitrogens is 1. The minimum Gasteiger partial charge on any atom is -0.205 e. The molecule has 8 heavy (non-hydrogen) atoms. The molecule has 1 aromatic rings. The molecular weight excluding hydrogens is 100 g/mol. The number of hydrogen-bond donors (Lipinski definition) is 1. The second kappa shape index (κ2) is 1.82. The first-order valence-electron chi connectivity index (χ1n) is 2.52. The van der Waals surface area contributed by atoms with Gasteiger partial charge in [0.15, 0.2) is 6.20 Å². The van der Waals surface area contributed by atoms with Crippen LogP contribution in [0.2, 0.25) is 0 Å². The lowest BCUT2D eigenvalue weighted by Crippen LogP contribution is -2.43. The van der Waals surface area contributed by atoms with Gasteiger partial charge in [0.05, 0.1) is 0 Å². The zero-order valence-electron chi connectivity index (χ0n) is 4.83. The molecule has 0 amide bonds. The predicted octanol–water partition coefficient (Wildman–Crippen LogP) is -0.00368. The molecule has 0 aromatic carbocycles. The summed E-state index contributed by atoms with van der Waals surface area (Å²) in [6, 6.07) is 3.92. The fourth-order valence-corrected chi connectivity index (χ4v) is 0.615. The van der Waals surface area contributed by atoms with E-state index in [0.29, 0.717) is 0 Å². The summed E-state index contributed by atoms with van der Waals surface area (Å²) in [5.41, 5.74) is 1.18. The van der Waals surface area contributed by atoms with Gasteiger partial charge in [-0.3, -0.25) is 0 Å². The zero-order valence-corrected chi connectivity index (χ0v) is 4.83. The molecule has 0 fully saturated rings. The van der Waals surface area contributed by atoms with Crippen molar-refractivity contribution in [2.75, 3.05) is 5.84 Å². The van der Waals surface area contributed by atoms with Crippen LogP contribution < -0.4 is 10.5 Å². The molecule has 0 saturated carbocycles. The summed E-state index contributed by atoms with van der Waals surface area (Å²) < 4.78 is 1.54. The van der Waals surface area contributed by atoms with Crippen molar-refractivity contribution in [3.8, 4) is 0 Å². The summed E-state index contributed by atoms with van der Waals surface area (Å²) in [6.07, 6.45) is 3.66. The molecule has 0 unspecified atom stereocenters. The molecule has 0 atom stereocenters. The van der Waals surface area contributed by atoms with Crippen LogP contribution in [0.4, 0.5) is 0 Å². The third-order valence-corrected chi connectivity index (χ3v) is 0.970. The largest absolute Gasteiger partial charge is 0.205 e. The predicted molar refractivity (Wildman–Crippen MR) is 31.5 cm³/mol. The highest BCUT2D eigenvalue weighted by Crippen LogP contribution is 1.86. The first-order valence-corrected chi connectivity index (χ1v) is 2.52. The van der Waals surface area contributed by atoms with Crippen LogP contribution in [-0.4, -0.2) is 0 Å². The van der Waals surface area contributed by atoms with Crippen LogP contribution in [0.5, 0.6) is 0 Å². The SMILES string of the molecule is Cc1ccc[n+](N)c1. The van der Waals surface area contributed by atoms with Crippen LogP contribution in [0.15, 0.2) is 24.5 Å². The first-order chi connectivity index (χ1) is 3.79. The molecule has 0 aliphatic heterocycles. The molecule has 2 nitrogen and oxygen atoms in total. The maximum absolute atomic E-state index is 5.38. The Bertz CT molecular complexity index is 166. The maximum Gasteiger partial charge on any atom is 0.202 e. The third-order valence-electron chi connectivity index (χ3n) is 0.970. The van der Waals surface area contributed by atoms with Crippen molar-refractivity contribution in [3.05, 3.63) is 30.1 Å². The van der Waals surface area contributed by atoms with E-state index in [0.717, 1.165) is 0 Å². The van der Waals surface area contributed by atoms with Crippen molar-refractivity contribution in [2.24, 2.45) is 0 Å². The molecule has 1 aromatic heterocycles. The monoisotopic (exact) mass is 109 g/mol. The van der Waals surface area contributed by atoms with Crippen molar-refractivity contribution in [1.29, 1.82) is 0 Å². The molecule has 1 rings (SSSR count). The summed E-state index contributed by atoms with van der Waals surface area (Å²) in [5.74, 6) is 5.38. The van der Waals surface area contributed by atoms with E-state index < -0.39 is 0 Å². The van der Waals surface area contributed by atoms with E-state index in [9.17, 15) is 0 Å². The van der Waals surface area contributed by atoms with Crippen LogP contribution in [0.1, 0.15) is 5.56 Å². The Morgan fingerprint density at radius 3 is 2.75 bits per heavy atom. The first kappa shape index (κ1) is 5.09. The Kier molecular flexibility index (Phi) is 1.16. The quantitative estimate of drug-likeness (QED) is 0.369. The Balaban J connectivity index is 3.08. The Hall–Kier alpha value is -1.05. The summed E-state index contributed by atoms with van der Waals surface area (Å²) in [7, 11) is 0. The summed E-state index contributed by atoms with van der Waals surface area (Å²) in [6.45, 7) is 2.00. The third kappa shape index (κ3) is 0.964. The highest BCUT2D eigenvalue weighted by molar-refractivity contribution is 5.01. The molecule has 0 bridgehead atoms. The number of nitrogen functional groups attached to an aromatic ring is 1. The normalized spacial score (nSPS) is 9.12. The van der Waals surface area contributed by atoms with Gasteiger partial charge in [0.25, 0.3) is 0 Å². The van der Waals surface area contributed by atoms with E-state index in [2.05, 4.69) is 0 Å². The van der Waals surface area contributed by atoms with Crippen LogP contribution in [0, 0.1) is 6.92 Å². The minimum atomic E-state index is 1.18. The average molecular weight is 109 g/mol. The highest BCUT2D eigenvalue weighted by Gasteiger charge is 1.88. The van der Waals surface area contributed by atoms with Gasteiger partial charge < -0.3 is 0 Å². The van der Waals surface area contributed by atoms with Gasteiger partial charge in [-0.1, -0.05) is 4.68 Å². The fraction of sp³-hybridized carbons (Fsp3) is 0.167. The van der Waals surface area contributed by atoms with E-state index in [4.69, 9.17) is 5.84 Å². The lowest BCUT2D eigenvalue weighted by molar-refractivity contribution is -0.639.